The van der Waals surface area contributed by atoms with Crippen molar-refractivity contribution in [3.05, 3.63) is 59.7 Å². The first-order chi connectivity index (χ1) is 16.2. The first-order valence-electron chi connectivity index (χ1n) is 12.2. The highest BCUT2D eigenvalue weighted by molar-refractivity contribution is 5.82. The van der Waals surface area contributed by atoms with E-state index >= 15 is 0 Å². The van der Waals surface area contributed by atoms with Crippen molar-refractivity contribution in [1.82, 2.24) is 5.32 Å². The number of esters is 1. The largest absolute Gasteiger partial charge is 0.464 e. The van der Waals surface area contributed by atoms with Gasteiger partial charge in [-0.3, -0.25) is 0 Å². The molecule has 0 heterocycles. The fourth-order valence-electron chi connectivity index (χ4n) is 4.38. The first kappa shape index (κ1) is 25.8. The second-order valence-electron chi connectivity index (χ2n) is 9.76. The van der Waals surface area contributed by atoms with Gasteiger partial charge >= 0.3 is 12.1 Å². The molecule has 184 valence electrons. The summed E-state index contributed by atoms with van der Waals surface area (Å²) in [7, 11) is 0. The van der Waals surface area contributed by atoms with E-state index in [0.717, 1.165) is 41.5 Å². The van der Waals surface area contributed by atoms with Crippen molar-refractivity contribution in [3.63, 3.8) is 0 Å². The molecule has 34 heavy (non-hydrogen) atoms. The van der Waals surface area contributed by atoms with Crippen LogP contribution in [0.1, 0.15) is 70.9 Å². The van der Waals surface area contributed by atoms with E-state index in [9.17, 15) is 9.59 Å². The standard InChI is InChI=1S/C28H37NO5/c1-6-7-12-17-32-26(30)25(19(2)34-28(3,4)5)29-27(31)33-18-24-22-15-10-8-13-20(22)21-14-9-11-16-23(21)24/h8-11,13-16,19,24-25H,6-7,12,17-18H2,1-5H3,(H,29,31). The van der Waals surface area contributed by atoms with Gasteiger partial charge < -0.3 is 19.5 Å². The third kappa shape index (κ3) is 6.60. The van der Waals surface area contributed by atoms with Crippen LogP contribution in [0.25, 0.3) is 11.1 Å². The Morgan fingerprint density at radius 2 is 1.53 bits per heavy atom. The number of amides is 1. The van der Waals surface area contributed by atoms with Gasteiger partial charge in [0.15, 0.2) is 6.04 Å². The van der Waals surface area contributed by atoms with Crippen LogP contribution >= 0.6 is 0 Å². The van der Waals surface area contributed by atoms with E-state index in [4.69, 9.17) is 14.2 Å². The average Bonchev–Trinajstić information content (AvgIpc) is 3.11. The lowest BCUT2D eigenvalue weighted by Crippen LogP contribution is -2.51. The Labute approximate surface area is 203 Å². The summed E-state index contributed by atoms with van der Waals surface area (Å²) in [6.07, 6.45) is 1.55. The number of alkyl carbamates (subject to hydrolysis) is 1. The van der Waals surface area contributed by atoms with Gasteiger partial charge in [0.05, 0.1) is 18.3 Å². The minimum absolute atomic E-state index is 0.0548. The Morgan fingerprint density at radius 1 is 0.941 bits per heavy atom. The molecule has 0 radical (unpaired) electrons. The van der Waals surface area contributed by atoms with Gasteiger partial charge in [-0.05, 0) is 56.4 Å². The summed E-state index contributed by atoms with van der Waals surface area (Å²) in [4.78, 5) is 25.6. The normalized spacial score (nSPS) is 14.6. The molecule has 1 N–H and O–H groups in total. The number of carbonyl (C=O) groups is 2. The van der Waals surface area contributed by atoms with Gasteiger partial charge in [0.2, 0.25) is 0 Å². The van der Waals surface area contributed by atoms with Gasteiger partial charge in [-0.25, -0.2) is 9.59 Å². The number of hydrogen-bond donors (Lipinski definition) is 1. The fraction of sp³-hybridized carbons (Fsp3) is 0.500. The minimum Gasteiger partial charge on any atom is -0.464 e. The van der Waals surface area contributed by atoms with Gasteiger partial charge in [0, 0.05) is 5.92 Å². The van der Waals surface area contributed by atoms with Crippen molar-refractivity contribution in [2.75, 3.05) is 13.2 Å². The summed E-state index contributed by atoms with van der Waals surface area (Å²) in [5.74, 6) is -0.567. The molecule has 1 amide bonds. The van der Waals surface area contributed by atoms with Crippen molar-refractivity contribution in [2.45, 2.75) is 77.5 Å². The topological polar surface area (TPSA) is 73.9 Å². The zero-order valence-corrected chi connectivity index (χ0v) is 20.9. The smallest absolute Gasteiger partial charge is 0.407 e. The zero-order chi connectivity index (χ0) is 24.7. The number of unbranched alkanes of at least 4 members (excludes halogenated alkanes) is 2. The molecule has 2 aromatic rings. The second-order valence-corrected chi connectivity index (χ2v) is 9.76. The molecule has 3 rings (SSSR count). The molecule has 0 fully saturated rings. The maximum Gasteiger partial charge on any atom is 0.407 e. The van der Waals surface area contributed by atoms with Gasteiger partial charge in [-0.15, -0.1) is 0 Å². The monoisotopic (exact) mass is 467 g/mol. The Kier molecular flexibility index (Phi) is 8.72. The fourth-order valence-corrected chi connectivity index (χ4v) is 4.38. The number of hydrogen-bond acceptors (Lipinski definition) is 5. The molecule has 0 aliphatic heterocycles. The summed E-state index contributed by atoms with van der Waals surface area (Å²) in [5, 5.41) is 2.69. The molecule has 6 nitrogen and oxygen atoms in total. The summed E-state index contributed by atoms with van der Waals surface area (Å²) in [6, 6.07) is 15.4. The van der Waals surface area contributed by atoms with Crippen LogP contribution in [0.3, 0.4) is 0 Å². The van der Waals surface area contributed by atoms with Crippen LogP contribution in [0.15, 0.2) is 48.5 Å². The van der Waals surface area contributed by atoms with Crippen molar-refractivity contribution >= 4 is 12.1 Å². The molecule has 1 aliphatic rings. The predicted octanol–water partition coefficient (Wildman–Crippen LogP) is 5.83. The molecule has 2 aromatic carbocycles. The molecule has 2 unspecified atom stereocenters. The van der Waals surface area contributed by atoms with Crippen LogP contribution < -0.4 is 5.32 Å². The highest BCUT2D eigenvalue weighted by atomic mass is 16.6. The second kappa shape index (κ2) is 11.5. The van der Waals surface area contributed by atoms with Gasteiger partial charge in [-0.2, -0.15) is 0 Å². The third-order valence-electron chi connectivity index (χ3n) is 5.87. The highest BCUT2D eigenvalue weighted by Crippen LogP contribution is 2.44. The van der Waals surface area contributed by atoms with Crippen LogP contribution in [-0.2, 0) is 19.0 Å². The molecule has 0 saturated carbocycles. The van der Waals surface area contributed by atoms with Gasteiger partial charge in [0.25, 0.3) is 0 Å². The predicted molar refractivity (Wildman–Crippen MR) is 133 cm³/mol. The summed E-state index contributed by atoms with van der Waals surface area (Å²) in [6.45, 7) is 10.0. The van der Waals surface area contributed by atoms with Crippen LogP contribution in [0.5, 0.6) is 0 Å². The number of rotatable bonds is 10. The first-order valence-corrected chi connectivity index (χ1v) is 12.2. The highest BCUT2D eigenvalue weighted by Gasteiger charge is 2.33. The minimum atomic E-state index is -0.962. The Bertz CT molecular complexity index is 935. The van der Waals surface area contributed by atoms with E-state index in [1.165, 1.54) is 0 Å². The van der Waals surface area contributed by atoms with E-state index in [1.54, 1.807) is 6.92 Å². The molecular weight excluding hydrogens is 430 g/mol. The summed E-state index contributed by atoms with van der Waals surface area (Å²) in [5.41, 5.74) is 4.10. The van der Waals surface area contributed by atoms with Crippen molar-refractivity contribution in [1.29, 1.82) is 0 Å². The molecule has 0 spiro atoms. The lowest BCUT2D eigenvalue weighted by molar-refractivity contribution is -0.153. The quantitative estimate of drug-likeness (QED) is 0.351. The molecule has 0 saturated heterocycles. The van der Waals surface area contributed by atoms with Gasteiger partial charge in [-0.1, -0.05) is 68.3 Å². The summed E-state index contributed by atoms with van der Waals surface area (Å²) < 4.78 is 17.0. The van der Waals surface area contributed by atoms with Crippen molar-refractivity contribution in [2.24, 2.45) is 0 Å². The van der Waals surface area contributed by atoms with E-state index in [-0.39, 0.29) is 12.5 Å². The number of nitrogens with one attached hydrogen (secondary N) is 1. The summed E-state index contributed by atoms with van der Waals surface area (Å²) >= 11 is 0. The van der Waals surface area contributed by atoms with Gasteiger partial charge in [0.1, 0.15) is 6.61 Å². The molecule has 2 atom stereocenters. The molecule has 0 aromatic heterocycles. The van der Waals surface area contributed by atoms with E-state index in [1.807, 2.05) is 45.0 Å². The third-order valence-corrected chi connectivity index (χ3v) is 5.87. The van der Waals surface area contributed by atoms with Crippen LogP contribution in [0, 0.1) is 0 Å². The maximum atomic E-state index is 12.8. The van der Waals surface area contributed by atoms with Crippen LogP contribution in [0.2, 0.25) is 0 Å². The molecule has 0 bridgehead atoms. The van der Waals surface area contributed by atoms with E-state index < -0.39 is 29.8 Å². The lowest BCUT2D eigenvalue weighted by Gasteiger charge is -2.30. The number of fused-ring (bicyclic) bond motifs is 3. The Balaban J connectivity index is 1.66. The SMILES string of the molecule is CCCCCOC(=O)C(NC(=O)OCC1c2ccccc2-c2ccccc21)C(C)OC(C)(C)C. The van der Waals surface area contributed by atoms with Crippen LogP contribution in [-0.4, -0.2) is 43.0 Å². The van der Waals surface area contributed by atoms with E-state index in [0.29, 0.717) is 6.61 Å². The average molecular weight is 468 g/mol. The Hall–Kier alpha value is -2.86. The number of benzene rings is 2. The lowest BCUT2D eigenvalue weighted by atomic mass is 9.98. The zero-order valence-electron chi connectivity index (χ0n) is 20.9. The van der Waals surface area contributed by atoms with E-state index in [2.05, 4.69) is 36.5 Å². The number of carbonyl (C=O) groups excluding carboxylic acids is 2. The Morgan fingerprint density at radius 3 is 2.09 bits per heavy atom. The van der Waals surface area contributed by atoms with Crippen molar-refractivity contribution < 1.29 is 23.8 Å². The van der Waals surface area contributed by atoms with Crippen molar-refractivity contribution in [3.8, 4) is 11.1 Å². The number of ether oxygens (including phenoxy) is 3. The van der Waals surface area contributed by atoms with Crippen LogP contribution in [0.4, 0.5) is 4.79 Å². The molecule has 6 heteroatoms. The molecular formula is C28H37NO5. The maximum absolute atomic E-state index is 12.8. The molecule has 1 aliphatic carbocycles.